The quantitative estimate of drug-likeness (QED) is 0.442. The number of amides is 3. The number of carbonyl (C=O) groups excluding carboxylic acids is 3. The van der Waals surface area contributed by atoms with Gasteiger partial charge in [-0.15, -0.1) is 0 Å². The summed E-state index contributed by atoms with van der Waals surface area (Å²) < 4.78 is 10.7. The van der Waals surface area contributed by atoms with E-state index in [1.54, 1.807) is 31.2 Å². The number of nitrogens with one attached hydrogen (secondary N) is 1. The maximum Gasteiger partial charge on any atom is 0.326 e. The van der Waals surface area contributed by atoms with Crippen LogP contribution in [0.2, 0.25) is 0 Å². The lowest BCUT2D eigenvalue weighted by Gasteiger charge is -2.21. The molecule has 3 amide bonds. The van der Waals surface area contributed by atoms with Crippen LogP contribution in [0.25, 0.3) is 0 Å². The molecule has 0 aromatic heterocycles. The predicted octanol–water partition coefficient (Wildman–Crippen LogP) is 2.69. The molecular formula is C22H24N2O5. The van der Waals surface area contributed by atoms with Crippen LogP contribution in [0.5, 0.6) is 5.75 Å². The van der Waals surface area contributed by atoms with Crippen LogP contribution in [-0.2, 0) is 19.9 Å². The van der Waals surface area contributed by atoms with Crippen molar-refractivity contribution in [2.75, 3.05) is 19.8 Å². The second-order valence-electron chi connectivity index (χ2n) is 7.20. The summed E-state index contributed by atoms with van der Waals surface area (Å²) in [6.45, 7) is 5.31. The van der Waals surface area contributed by atoms with Crippen LogP contribution in [0.4, 0.5) is 4.79 Å². The third kappa shape index (κ3) is 4.56. The Morgan fingerprint density at radius 1 is 1.03 bits per heavy atom. The monoisotopic (exact) mass is 396 g/mol. The zero-order chi connectivity index (χ0) is 21.0. The van der Waals surface area contributed by atoms with E-state index in [-0.39, 0.29) is 13.2 Å². The number of urea groups is 1. The molecule has 1 fully saturated rings. The van der Waals surface area contributed by atoms with Crippen LogP contribution < -0.4 is 10.1 Å². The minimum atomic E-state index is -1.20. The van der Waals surface area contributed by atoms with Crippen LogP contribution in [0.1, 0.15) is 23.6 Å². The van der Waals surface area contributed by atoms with E-state index in [0.717, 1.165) is 16.0 Å². The Hall–Kier alpha value is -3.35. The number of rotatable bonds is 7. The predicted molar refractivity (Wildman–Crippen MR) is 106 cm³/mol. The summed E-state index contributed by atoms with van der Waals surface area (Å²) in [4.78, 5) is 38.0. The number of hydrogen-bond donors (Lipinski definition) is 1. The van der Waals surface area contributed by atoms with Gasteiger partial charge in [0.15, 0.2) is 0 Å². The van der Waals surface area contributed by atoms with E-state index in [1.165, 1.54) is 0 Å². The summed E-state index contributed by atoms with van der Waals surface area (Å²) in [6, 6.07) is 14.1. The third-order valence-electron chi connectivity index (χ3n) is 4.72. The molecule has 152 valence electrons. The average Bonchev–Trinajstić information content (AvgIpc) is 2.89. The highest BCUT2D eigenvalue weighted by molar-refractivity contribution is 6.08. The average molecular weight is 396 g/mol. The lowest BCUT2D eigenvalue weighted by atomic mass is 9.92. The van der Waals surface area contributed by atoms with Gasteiger partial charge in [0, 0.05) is 0 Å². The van der Waals surface area contributed by atoms with E-state index in [1.807, 2.05) is 38.1 Å². The maximum absolute atomic E-state index is 12.8. The summed E-state index contributed by atoms with van der Waals surface area (Å²) in [6.07, 6.45) is 0. The van der Waals surface area contributed by atoms with Crippen molar-refractivity contribution in [3.8, 4) is 5.75 Å². The largest absolute Gasteiger partial charge is 0.490 e. The van der Waals surface area contributed by atoms with Gasteiger partial charge < -0.3 is 14.8 Å². The van der Waals surface area contributed by atoms with E-state index in [4.69, 9.17) is 9.47 Å². The molecule has 29 heavy (non-hydrogen) atoms. The first-order valence-corrected chi connectivity index (χ1v) is 9.36. The highest BCUT2D eigenvalue weighted by Crippen LogP contribution is 2.28. The van der Waals surface area contributed by atoms with Crippen molar-refractivity contribution in [3.05, 3.63) is 65.2 Å². The van der Waals surface area contributed by atoms with E-state index in [0.29, 0.717) is 11.3 Å². The summed E-state index contributed by atoms with van der Waals surface area (Å²) in [5.74, 6) is -0.460. The molecule has 2 aromatic carbocycles. The molecule has 7 nitrogen and oxygen atoms in total. The van der Waals surface area contributed by atoms with Crippen molar-refractivity contribution >= 4 is 17.9 Å². The Balaban J connectivity index is 1.51. The molecule has 3 rings (SSSR count). The molecule has 7 heteroatoms. The summed E-state index contributed by atoms with van der Waals surface area (Å²) in [5.41, 5.74) is 1.61. The minimum absolute atomic E-state index is 0.0193. The highest BCUT2D eigenvalue weighted by Gasteiger charge is 2.49. The first-order valence-electron chi connectivity index (χ1n) is 9.36. The van der Waals surface area contributed by atoms with Gasteiger partial charge in [0.05, 0.1) is 0 Å². The Kier molecular flexibility index (Phi) is 5.87. The molecule has 2 aromatic rings. The number of imide groups is 1. The van der Waals surface area contributed by atoms with Gasteiger partial charge in [-0.05, 0) is 49.6 Å². The van der Waals surface area contributed by atoms with E-state index in [9.17, 15) is 14.4 Å². The molecule has 1 atom stereocenters. The summed E-state index contributed by atoms with van der Waals surface area (Å²) in [7, 11) is 0. The highest BCUT2D eigenvalue weighted by atomic mass is 16.6. The number of nitrogens with zero attached hydrogens (tertiary/aromatic N) is 1. The Labute approximate surface area is 169 Å². The smallest absolute Gasteiger partial charge is 0.326 e. The molecule has 0 saturated carbocycles. The zero-order valence-corrected chi connectivity index (χ0v) is 16.7. The van der Waals surface area contributed by atoms with Gasteiger partial charge in [0.2, 0.25) is 0 Å². The van der Waals surface area contributed by atoms with Crippen molar-refractivity contribution in [1.29, 1.82) is 0 Å². The number of hydrogen-bond acceptors (Lipinski definition) is 5. The van der Waals surface area contributed by atoms with E-state index >= 15 is 0 Å². The molecular weight excluding hydrogens is 372 g/mol. The number of ether oxygens (including phenoxy) is 2. The van der Waals surface area contributed by atoms with Gasteiger partial charge in [0.1, 0.15) is 31.0 Å². The van der Waals surface area contributed by atoms with Gasteiger partial charge in [-0.25, -0.2) is 4.79 Å². The third-order valence-corrected chi connectivity index (χ3v) is 4.72. The number of aryl methyl sites for hydroxylation is 2. The zero-order valence-electron chi connectivity index (χ0n) is 16.7. The van der Waals surface area contributed by atoms with Crippen LogP contribution >= 0.6 is 0 Å². The van der Waals surface area contributed by atoms with Crippen molar-refractivity contribution in [1.82, 2.24) is 10.2 Å². The van der Waals surface area contributed by atoms with Crippen molar-refractivity contribution in [2.45, 2.75) is 26.3 Å². The second kappa shape index (κ2) is 8.34. The Morgan fingerprint density at radius 3 is 2.34 bits per heavy atom. The lowest BCUT2D eigenvalue weighted by Crippen LogP contribution is -2.41. The van der Waals surface area contributed by atoms with E-state index in [2.05, 4.69) is 5.32 Å². The molecule has 1 heterocycles. The van der Waals surface area contributed by atoms with Crippen molar-refractivity contribution in [2.24, 2.45) is 0 Å². The Bertz CT molecular complexity index is 908. The number of esters is 1. The van der Waals surface area contributed by atoms with Crippen molar-refractivity contribution < 1.29 is 23.9 Å². The van der Waals surface area contributed by atoms with Gasteiger partial charge in [-0.3, -0.25) is 14.5 Å². The Morgan fingerprint density at radius 2 is 1.69 bits per heavy atom. The summed E-state index contributed by atoms with van der Waals surface area (Å²) >= 11 is 0. The molecule has 0 aliphatic carbocycles. The second-order valence-corrected chi connectivity index (χ2v) is 7.20. The number of carbonyl (C=O) groups is 3. The summed E-state index contributed by atoms with van der Waals surface area (Å²) in [5, 5.41) is 2.66. The first-order chi connectivity index (χ1) is 13.8. The van der Waals surface area contributed by atoms with Crippen LogP contribution in [-0.4, -0.2) is 42.6 Å². The van der Waals surface area contributed by atoms with Gasteiger partial charge in [-0.2, -0.15) is 0 Å². The van der Waals surface area contributed by atoms with E-state index < -0.39 is 30.0 Å². The minimum Gasteiger partial charge on any atom is -0.490 e. The molecule has 0 radical (unpaired) electrons. The van der Waals surface area contributed by atoms with Crippen LogP contribution in [0.15, 0.2) is 48.5 Å². The molecule has 1 aliphatic heterocycles. The normalized spacial score (nSPS) is 18.5. The SMILES string of the molecule is Cc1cc(C)cc(OCCOC(=O)CN2C(=O)N[C@](C)(c3ccccc3)C2=O)c1. The standard InChI is InChI=1S/C22H24N2O5/c1-15-11-16(2)13-18(12-15)28-9-10-29-19(25)14-24-20(26)22(3,23-21(24)27)17-7-5-4-6-8-17/h4-8,11-13H,9-10,14H2,1-3H3,(H,23,27)/t22-/m1/s1. The van der Waals surface area contributed by atoms with Gasteiger partial charge in [-0.1, -0.05) is 36.4 Å². The lowest BCUT2D eigenvalue weighted by molar-refractivity contribution is -0.148. The van der Waals surface area contributed by atoms with Crippen molar-refractivity contribution in [3.63, 3.8) is 0 Å². The fourth-order valence-electron chi connectivity index (χ4n) is 3.31. The topological polar surface area (TPSA) is 84.9 Å². The molecule has 0 unspecified atom stereocenters. The van der Waals surface area contributed by atoms with Gasteiger partial charge >= 0.3 is 12.0 Å². The molecule has 0 bridgehead atoms. The molecule has 0 spiro atoms. The van der Waals surface area contributed by atoms with Crippen LogP contribution in [0.3, 0.4) is 0 Å². The number of benzene rings is 2. The van der Waals surface area contributed by atoms with Crippen LogP contribution in [0, 0.1) is 13.8 Å². The van der Waals surface area contributed by atoms with Gasteiger partial charge in [0.25, 0.3) is 5.91 Å². The fraction of sp³-hybridized carbons (Fsp3) is 0.318. The molecule has 1 saturated heterocycles. The fourth-order valence-corrected chi connectivity index (χ4v) is 3.31. The maximum atomic E-state index is 12.8. The molecule has 1 aliphatic rings. The first kappa shape index (κ1) is 20.4. The molecule has 1 N–H and O–H groups in total.